The first-order valence-electron chi connectivity index (χ1n) is 5.13. The molecule has 1 aliphatic heterocycles. The van der Waals surface area contributed by atoms with Crippen LogP contribution >= 0.6 is 11.6 Å². The number of carbonyl (C=O) groups excluding carboxylic acids is 1. The third-order valence-corrected chi connectivity index (χ3v) is 4.00. The zero-order chi connectivity index (χ0) is 12.4. The average Bonchev–Trinajstić information content (AvgIpc) is 2.28. The highest BCUT2D eigenvalue weighted by atomic mass is 35.5. The smallest absolute Gasteiger partial charge is 0.254 e. The van der Waals surface area contributed by atoms with Crippen molar-refractivity contribution >= 4 is 34.1 Å². The first-order chi connectivity index (χ1) is 8.06. The molecule has 1 aromatic heterocycles. The predicted octanol–water partition coefficient (Wildman–Crippen LogP) is 0.522. The van der Waals surface area contributed by atoms with Gasteiger partial charge in [0.1, 0.15) is 11.0 Å². The summed E-state index contributed by atoms with van der Waals surface area (Å²) in [6.07, 6.45) is 0. The van der Waals surface area contributed by atoms with Gasteiger partial charge in [-0.1, -0.05) is 11.6 Å². The number of carbonyl (C=O) groups is 1. The summed E-state index contributed by atoms with van der Waals surface area (Å²) in [5.41, 5.74) is 5.96. The first-order valence-corrected chi connectivity index (χ1v) is 7.00. The molecule has 1 amide bonds. The molecule has 7 heteroatoms. The zero-order valence-electron chi connectivity index (χ0n) is 9.06. The first kappa shape index (κ1) is 12.3. The van der Waals surface area contributed by atoms with Crippen LogP contribution < -0.4 is 5.73 Å². The Morgan fingerprint density at radius 1 is 1.41 bits per heavy atom. The molecule has 17 heavy (non-hydrogen) atoms. The Kier molecular flexibility index (Phi) is 3.63. The second-order valence-corrected chi connectivity index (χ2v) is 5.83. The molecule has 0 atom stereocenters. The number of hydrogen-bond acceptors (Lipinski definition) is 4. The van der Waals surface area contributed by atoms with Gasteiger partial charge in [-0.3, -0.25) is 9.00 Å². The maximum atomic E-state index is 12.1. The van der Waals surface area contributed by atoms with Crippen molar-refractivity contribution in [1.82, 2.24) is 9.88 Å². The minimum Gasteiger partial charge on any atom is -0.384 e. The van der Waals surface area contributed by atoms with E-state index in [4.69, 9.17) is 17.3 Å². The molecule has 5 nitrogen and oxygen atoms in total. The van der Waals surface area contributed by atoms with Crippen LogP contribution in [0.1, 0.15) is 10.4 Å². The summed E-state index contributed by atoms with van der Waals surface area (Å²) >= 11 is 5.75. The van der Waals surface area contributed by atoms with Crippen molar-refractivity contribution in [3.05, 3.63) is 22.8 Å². The minimum absolute atomic E-state index is 0.141. The number of pyridine rings is 1. The number of hydrogen-bond donors (Lipinski definition) is 1. The number of anilines is 1. The topological polar surface area (TPSA) is 76.3 Å². The lowest BCUT2D eigenvalue weighted by atomic mass is 10.2. The van der Waals surface area contributed by atoms with Gasteiger partial charge in [-0.2, -0.15) is 0 Å². The molecule has 92 valence electrons. The molecule has 0 spiro atoms. The van der Waals surface area contributed by atoms with Gasteiger partial charge < -0.3 is 10.6 Å². The van der Waals surface area contributed by atoms with Gasteiger partial charge in [-0.15, -0.1) is 0 Å². The van der Waals surface area contributed by atoms with E-state index in [1.165, 1.54) is 12.1 Å². The highest BCUT2D eigenvalue weighted by Gasteiger charge is 2.21. The van der Waals surface area contributed by atoms with Crippen LogP contribution in [0.15, 0.2) is 12.1 Å². The standard InChI is InChI=1S/C10H12ClN3O2S/c11-8-5-7(6-9(12)13-8)10(15)14-1-3-17(16)4-2-14/h5-6H,1-4H2,(H2,12,13). The zero-order valence-corrected chi connectivity index (χ0v) is 10.6. The van der Waals surface area contributed by atoms with Crippen molar-refractivity contribution in [3.63, 3.8) is 0 Å². The van der Waals surface area contributed by atoms with Gasteiger partial charge in [0.05, 0.1) is 0 Å². The number of nitrogens with zero attached hydrogens (tertiary/aromatic N) is 2. The Hall–Kier alpha value is -1.14. The molecule has 2 rings (SSSR count). The number of nitrogens with two attached hydrogens (primary N) is 1. The van der Waals surface area contributed by atoms with Crippen LogP contribution in [0.25, 0.3) is 0 Å². The van der Waals surface area contributed by atoms with E-state index < -0.39 is 10.8 Å². The van der Waals surface area contributed by atoms with Crippen molar-refractivity contribution in [2.75, 3.05) is 30.3 Å². The molecule has 0 bridgehead atoms. The molecule has 2 N–H and O–H groups in total. The highest BCUT2D eigenvalue weighted by molar-refractivity contribution is 7.85. The molecule has 1 aromatic rings. The monoisotopic (exact) mass is 273 g/mol. The van der Waals surface area contributed by atoms with Gasteiger partial charge in [-0.25, -0.2) is 4.98 Å². The van der Waals surface area contributed by atoms with E-state index in [-0.39, 0.29) is 16.9 Å². The molecule has 2 heterocycles. The lowest BCUT2D eigenvalue weighted by molar-refractivity contribution is 0.0771. The lowest BCUT2D eigenvalue weighted by Gasteiger charge is -2.26. The van der Waals surface area contributed by atoms with Crippen molar-refractivity contribution in [2.45, 2.75) is 0 Å². The Bertz CT molecular complexity index is 450. The van der Waals surface area contributed by atoms with E-state index >= 15 is 0 Å². The fourth-order valence-electron chi connectivity index (χ4n) is 1.66. The fraction of sp³-hybridized carbons (Fsp3) is 0.400. The molecule has 0 radical (unpaired) electrons. The number of halogens is 1. The maximum absolute atomic E-state index is 12.1. The van der Waals surface area contributed by atoms with E-state index in [2.05, 4.69) is 4.98 Å². The SMILES string of the molecule is Nc1cc(C(=O)N2CCS(=O)CC2)cc(Cl)n1. The second-order valence-electron chi connectivity index (χ2n) is 3.74. The van der Waals surface area contributed by atoms with Gasteiger partial charge in [0.15, 0.2) is 0 Å². The predicted molar refractivity (Wildman–Crippen MR) is 67.4 cm³/mol. The molecule has 1 fully saturated rings. The van der Waals surface area contributed by atoms with Crippen LogP contribution in [0.2, 0.25) is 5.15 Å². The fourth-order valence-corrected chi connectivity index (χ4v) is 2.93. The second kappa shape index (κ2) is 5.01. The van der Waals surface area contributed by atoms with Crippen LogP contribution in [-0.4, -0.2) is 44.6 Å². The van der Waals surface area contributed by atoms with Crippen LogP contribution in [0.5, 0.6) is 0 Å². The van der Waals surface area contributed by atoms with Crippen molar-refractivity contribution in [3.8, 4) is 0 Å². The molecule has 0 saturated carbocycles. The molecule has 1 aliphatic rings. The molecule has 1 saturated heterocycles. The third kappa shape index (κ3) is 2.95. The van der Waals surface area contributed by atoms with Crippen molar-refractivity contribution < 1.29 is 9.00 Å². The lowest BCUT2D eigenvalue weighted by Crippen LogP contribution is -2.41. The molecule has 0 unspecified atom stereocenters. The summed E-state index contributed by atoms with van der Waals surface area (Å²) < 4.78 is 11.2. The van der Waals surface area contributed by atoms with E-state index in [1.54, 1.807) is 4.90 Å². The van der Waals surface area contributed by atoms with Crippen molar-refractivity contribution in [1.29, 1.82) is 0 Å². The Labute approximate surface area is 106 Å². The normalized spacial score (nSPS) is 17.1. The summed E-state index contributed by atoms with van der Waals surface area (Å²) in [7, 11) is -0.800. The Morgan fingerprint density at radius 3 is 2.65 bits per heavy atom. The van der Waals surface area contributed by atoms with Crippen LogP contribution in [0, 0.1) is 0 Å². The van der Waals surface area contributed by atoms with E-state index in [0.717, 1.165) is 0 Å². The number of nitrogen functional groups attached to an aromatic ring is 1. The summed E-state index contributed by atoms with van der Waals surface area (Å²) in [6, 6.07) is 2.99. The Balaban J connectivity index is 2.16. The summed E-state index contributed by atoms with van der Waals surface area (Å²) in [6.45, 7) is 1.01. The molecular formula is C10H12ClN3O2S. The molecule has 0 aliphatic carbocycles. The van der Waals surface area contributed by atoms with Gasteiger partial charge in [0.25, 0.3) is 5.91 Å². The van der Waals surface area contributed by atoms with Crippen LogP contribution in [0.3, 0.4) is 0 Å². The number of rotatable bonds is 1. The largest absolute Gasteiger partial charge is 0.384 e. The van der Waals surface area contributed by atoms with Crippen LogP contribution in [-0.2, 0) is 10.8 Å². The van der Waals surface area contributed by atoms with Crippen LogP contribution in [0.4, 0.5) is 5.82 Å². The number of amides is 1. The Morgan fingerprint density at radius 2 is 2.06 bits per heavy atom. The van der Waals surface area contributed by atoms with Gasteiger partial charge >= 0.3 is 0 Å². The maximum Gasteiger partial charge on any atom is 0.254 e. The van der Waals surface area contributed by atoms with Gasteiger partial charge in [0.2, 0.25) is 0 Å². The highest BCUT2D eigenvalue weighted by Crippen LogP contribution is 2.15. The summed E-state index contributed by atoms with van der Waals surface area (Å²) in [4.78, 5) is 17.6. The molecular weight excluding hydrogens is 262 g/mol. The quantitative estimate of drug-likeness (QED) is 0.757. The third-order valence-electron chi connectivity index (χ3n) is 2.53. The summed E-state index contributed by atoms with van der Waals surface area (Å²) in [5.74, 6) is 1.14. The summed E-state index contributed by atoms with van der Waals surface area (Å²) in [5, 5.41) is 0.203. The van der Waals surface area contributed by atoms with Gasteiger partial charge in [-0.05, 0) is 12.1 Å². The average molecular weight is 274 g/mol. The van der Waals surface area contributed by atoms with E-state index in [0.29, 0.717) is 30.2 Å². The van der Waals surface area contributed by atoms with Gasteiger partial charge in [0, 0.05) is 41.0 Å². The van der Waals surface area contributed by atoms with E-state index in [9.17, 15) is 9.00 Å². The van der Waals surface area contributed by atoms with E-state index in [1.807, 2.05) is 0 Å². The molecule has 0 aromatic carbocycles. The number of aromatic nitrogens is 1. The van der Waals surface area contributed by atoms with Crippen molar-refractivity contribution in [2.24, 2.45) is 0 Å². The minimum atomic E-state index is -0.800.